The molecule has 1 heterocycles. The smallest absolute Gasteiger partial charge is 0.433 e. The second kappa shape index (κ2) is 5.49. The molecule has 0 spiro atoms. The third-order valence-corrected chi connectivity index (χ3v) is 3.33. The predicted molar refractivity (Wildman–Crippen MR) is 66.4 cm³/mol. The predicted octanol–water partition coefficient (Wildman–Crippen LogP) is 3.20. The van der Waals surface area contributed by atoms with Gasteiger partial charge in [0.05, 0.1) is 6.54 Å². The summed E-state index contributed by atoms with van der Waals surface area (Å²) in [6.45, 7) is -0.0920. The molecule has 1 aromatic heterocycles. The van der Waals surface area contributed by atoms with Crippen LogP contribution in [0.15, 0.2) is 40.7 Å². The van der Waals surface area contributed by atoms with Crippen molar-refractivity contribution in [2.45, 2.75) is 12.7 Å². The van der Waals surface area contributed by atoms with Crippen molar-refractivity contribution in [1.82, 2.24) is 4.57 Å². The van der Waals surface area contributed by atoms with E-state index in [1.807, 2.05) is 0 Å². The van der Waals surface area contributed by atoms with Crippen molar-refractivity contribution in [3.8, 4) is 0 Å². The summed E-state index contributed by atoms with van der Waals surface area (Å²) in [4.78, 5) is 13.6. The highest BCUT2D eigenvalue weighted by Gasteiger charge is 2.35. The van der Waals surface area contributed by atoms with Crippen LogP contribution in [-0.4, -0.2) is 15.8 Å². The second-order valence-corrected chi connectivity index (χ2v) is 4.70. The maximum absolute atomic E-state index is 12.9. The van der Waals surface area contributed by atoms with Gasteiger partial charge in [0.1, 0.15) is 5.69 Å². The molecule has 0 radical (unpaired) electrons. The fourth-order valence-corrected chi connectivity index (χ4v) is 2.54. The number of benzene rings is 1. The average molecular weight is 302 g/mol. The molecule has 1 N–H and O–H groups in total. The van der Waals surface area contributed by atoms with Gasteiger partial charge in [0.15, 0.2) is 4.80 Å². The van der Waals surface area contributed by atoms with Crippen molar-refractivity contribution in [3.63, 3.8) is 0 Å². The van der Waals surface area contributed by atoms with E-state index >= 15 is 0 Å². The van der Waals surface area contributed by atoms with Crippen LogP contribution in [0.1, 0.15) is 11.3 Å². The summed E-state index contributed by atoms with van der Waals surface area (Å²) in [6.07, 6.45) is -6.08. The van der Waals surface area contributed by atoms with Gasteiger partial charge in [-0.1, -0.05) is 30.3 Å². The molecule has 0 aliphatic carbocycles. The van der Waals surface area contributed by atoms with Gasteiger partial charge in [0.25, 0.3) is 0 Å². The van der Waals surface area contributed by atoms with Gasteiger partial charge in [-0.2, -0.15) is 13.2 Å². The number of alkyl halides is 3. The summed E-state index contributed by atoms with van der Waals surface area (Å²) in [5.41, 5.74) is -0.283. The maximum atomic E-state index is 12.9. The number of hydrogen-bond donors (Lipinski definition) is 1. The Labute approximate surface area is 115 Å². The van der Waals surface area contributed by atoms with Gasteiger partial charge < -0.3 is 9.67 Å². The zero-order valence-corrected chi connectivity index (χ0v) is 10.8. The minimum Gasteiger partial charge on any atom is -0.463 e. The number of halogens is 3. The molecular weight excluding hydrogens is 293 g/mol. The standard InChI is InChI=1S/C12H9F3N2O2S/c13-12(14,15)9-7-20-10(16-11(18)19)17(9)6-8-4-2-1-3-5-8/h1-5,7H,6H2,(H,18,19)/b16-10+. The number of nitrogens with zero attached hydrogens (tertiary/aromatic N) is 2. The van der Waals surface area contributed by atoms with Gasteiger partial charge in [0, 0.05) is 5.38 Å². The van der Waals surface area contributed by atoms with E-state index in [4.69, 9.17) is 5.11 Å². The second-order valence-electron chi connectivity index (χ2n) is 3.87. The van der Waals surface area contributed by atoms with Gasteiger partial charge in [-0.3, -0.25) is 0 Å². The lowest BCUT2D eigenvalue weighted by atomic mass is 10.2. The Morgan fingerprint density at radius 1 is 1.30 bits per heavy atom. The van der Waals surface area contributed by atoms with E-state index in [9.17, 15) is 18.0 Å². The zero-order valence-electron chi connectivity index (χ0n) is 9.96. The maximum Gasteiger partial charge on any atom is 0.433 e. The number of carbonyl (C=O) groups is 1. The number of hydrogen-bond acceptors (Lipinski definition) is 2. The summed E-state index contributed by atoms with van der Waals surface area (Å²) in [6, 6.07) is 8.47. The first-order chi connectivity index (χ1) is 9.38. The summed E-state index contributed by atoms with van der Waals surface area (Å²) >= 11 is 0.646. The molecule has 0 aliphatic rings. The van der Waals surface area contributed by atoms with E-state index in [1.165, 1.54) is 0 Å². The molecule has 106 valence electrons. The molecule has 0 saturated carbocycles. The van der Waals surface area contributed by atoms with Gasteiger partial charge in [-0.05, 0) is 5.56 Å². The summed E-state index contributed by atoms with van der Waals surface area (Å²) in [5, 5.41) is 9.48. The largest absolute Gasteiger partial charge is 0.463 e. The lowest BCUT2D eigenvalue weighted by Crippen LogP contribution is -2.23. The lowest BCUT2D eigenvalue weighted by Gasteiger charge is -2.11. The quantitative estimate of drug-likeness (QED) is 0.926. The molecule has 8 heteroatoms. The number of thiazole rings is 1. The van der Waals surface area contributed by atoms with Crippen LogP contribution >= 0.6 is 11.3 Å². The summed E-state index contributed by atoms with van der Waals surface area (Å²) < 4.78 is 39.6. The number of carboxylic acid groups (broad SMARTS) is 1. The molecule has 2 aromatic rings. The van der Waals surface area contributed by atoms with Crippen LogP contribution in [0.4, 0.5) is 18.0 Å². The molecule has 0 saturated heterocycles. The zero-order chi connectivity index (χ0) is 14.8. The topological polar surface area (TPSA) is 54.6 Å². The van der Waals surface area contributed by atoms with Crippen LogP contribution in [-0.2, 0) is 12.7 Å². The van der Waals surface area contributed by atoms with E-state index in [0.717, 1.165) is 9.95 Å². The highest BCUT2D eigenvalue weighted by atomic mass is 32.1. The molecule has 20 heavy (non-hydrogen) atoms. The van der Waals surface area contributed by atoms with Crippen LogP contribution in [0.2, 0.25) is 0 Å². The molecule has 2 rings (SSSR count). The molecule has 4 nitrogen and oxygen atoms in total. The van der Waals surface area contributed by atoms with Gasteiger partial charge in [-0.15, -0.1) is 16.3 Å². The number of rotatable bonds is 2. The van der Waals surface area contributed by atoms with Crippen molar-refractivity contribution in [3.05, 3.63) is 51.8 Å². The highest BCUT2D eigenvalue weighted by molar-refractivity contribution is 7.07. The Morgan fingerprint density at radius 3 is 2.50 bits per heavy atom. The van der Waals surface area contributed by atoms with Crippen LogP contribution in [0.25, 0.3) is 0 Å². The van der Waals surface area contributed by atoms with E-state index in [1.54, 1.807) is 30.3 Å². The summed E-state index contributed by atoms with van der Waals surface area (Å²) in [7, 11) is 0. The Bertz CT molecular complexity index is 674. The first-order valence-corrected chi connectivity index (χ1v) is 6.33. The van der Waals surface area contributed by atoms with E-state index < -0.39 is 18.0 Å². The third-order valence-electron chi connectivity index (χ3n) is 2.46. The molecule has 0 atom stereocenters. The molecule has 1 amide bonds. The third kappa shape index (κ3) is 3.27. The normalized spacial score (nSPS) is 12.7. The molecule has 1 aromatic carbocycles. The first kappa shape index (κ1) is 14.3. The SMILES string of the molecule is O=C(O)/N=c1/scc(C(F)(F)F)n1Cc1ccccc1. The summed E-state index contributed by atoms with van der Waals surface area (Å²) in [5.74, 6) is 0. The van der Waals surface area contributed by atoms with Crippen LogP contribution in [0, 0.1) is 0 Å². The molecule has 0 bridgehead atoms. The van der Waals surface area contributed by atoms with Crippen molar-refractivity contribution >= 4 is 17.4 Å². The Morgan fingerprint density at radius 2 is 1.95 bits per heavy atom. The minimum absolute atomic E-state index is 0.0920. The first-order valence-electron chi connectivity index (χ1n) is 5.45. The van der Waals surface area contributed by atoms with Gasteiger partial charge in [0.2, 0.25) is 0 Å². The fraction of sp³-hybridized carbons (Fsp3) is 0.167. The van der Waals surface area contributed by atoms with Crippen molar-refractivity contribution in [1.29, 1.82) is 0 Å². The van der Waals surface area contributed by atoms with Crippen molar-refractivity contribution in [2.75, 3.05) is 0 Å². The Kier molecular flexibility index (Phi) is 3.93. The highest BCUT2D eigenvalue weighted by Crippen LogP contribution is 2.29. The van der Waals surface area contributed by atoms with E-state index in [-0.39, 0.29) is 11.3 Å². The van der Waals surface area contributed by atoms with Crippen LogP contribution in [0.5, 0.6) is 0 Å². The monoisotopic (exact) mass is 302 g/mol. The van der Waals surface area contributed by atoms with Crippen LogP contribution in [0.3, 0.4) is 0 Å². The van der Waals surface area contributed by atoms with Crippen LogP contribution < -0.4 is 4.80 Å². The average Bonchev–Trinajstić information content (AvgIpc) is 2.72. The Balaban J connectivity index is 2.53. The van der Waals surface area contributed by atoms with Crippen molar-refractivity contribution < 1.29 is 23.1 Å². The Hall–Kier alpha value is -2.09. The van der Waals surface area contributed by atoms with E-state index in [2.05, 4.69) is 4.99 Å². The van der Waals surface area contributed by atoms with E-state index in [0.29, 0.717) is 16.9 Å². The van der Waals surface area contributed by atoms with Crippen molar-refractivity contribution in [2.24, 2.45) is 4.99 Å². The molecule has 0 aliphatic heterocycles. The molecule has 0 fully saturated rings. The van der Waals surface area contributed by atoms with Gasteiger partial charge >= 0.3 is 12.3 Å². The molecule has 0 unspecified atom stereocenters. The lowest BCUT2D eigenvalue weighted by molar-refractivity contribution is -0.143. The molecular formula is C12H9F3N2O2S. The number of amides is 1. The fourth-order valence-electron chi connectivity index (χ4n) is 1.65. The number of aromatic nitrogens is 1. The minimum atomic E-state index is -4.56. The van der Waals surface area contributed by atoms with Gasteiger partial charge in [-0.25, -0.2) is 4.79 Å².